The van der Waals surface area contributed by atoms with E-state index in [9.17, 15) is 23.0 Å². The predicted octanol–water partition coefficient (Wildman–Crippen LogP) is 2.69. The fourth-order valence-corrected chi connectivity index (χ4v) is 3.95. The molecule has 0 spiro atoms. The van der Waals surface area contributed by atoms with Crippen molar-refractivity contribution in [3.05, 3.63) is 29.0 Å². The molecule has 2 heterocycles. The summed E-state index contributed by atoms with van der Waals surface area (Å²) >= 11 is 5.67. The van der Waals surface area contributed by atoms with Crippen molar-refractivity contribution in [3.8, 4) is 22.8 Å². The third kappa shape index (κ3) is 2.28. The zero-order valence-corrected chi connectivity index (χ0v) is 12.7. The minimum Gasteiger partial charge on any atom is -0.502 e. The molecule has 2 N–H and O–H groups in total. The van der Waals surface area contributed by atoms with Gasteiger partial charge in [-0.15, -0.1) is 0 Å². The summed E-state index contributed by atoms with van der Waals surface area (Å²) < 4.78 is 43.1. The van der Waals surface area contributed by atoms with Gasteiger partial charge in [0.05, 0.1) is 10.8 Å². The van der Waals surface area contributed by atoms with E-state index in [1.54, 1.807) is 0 Å². The van der Waals surface area contributed by atoms with Gasteiger partial charge in [0.1, 0.15) is 5.82 Å². The van der Waals surface area contributed by atoms with Gasteiger partial charge in [-0.3, -0.25) is 0 Å². The van der Waals surface area contributed by atoms with Crippen molar-refractivity contribution in [1.82, 2.24) is 0 Å². The lowest BCUT2D eigenvalue weighted by atomic mass is 10.1. The van der Waals surface area contributed by atoms with Crippen molar-refractivity contribution in [3.63, 3.8) is 0 Å². The molecule has 6 nitrogen and oxygen atoms in total. The Hall–Kier alpha value is -1.93. The number of sulfonamides is 1. The molecule has 0 saturated carbocycles. The molecule has 0 unspecified atom stereocenters. The van der Waals surface area contributed by atoms with Crippen LogP contribution < -0.4 is 4.31 Å². The second-order valence-corrected chi connectivity index (χ2v) is 7.22. The number of hydrogen-bond donors (Lipinski definition) is 2. The average Bonchev–Trinajstić information content (AvgIpc) is 2.94. The van der Waals surface area contributed by atoms with Gasteiger partial charge in [-0.25, -0.2) is 17.1 Å². The number of nitrogens with zero attached hydrogens (tertiary/aromatic N) is 1. The van der Waals surface area contributed by atoms with Crippen molar-refractivity contribution in [2.24, 2.45) is 0 Å². The van der Waals surface area contributed by atoms with E-state index in [0.29, 0.717) is 6.42 Å². The normalized spacial score (nSPS) is 17.1. The van der Waals surface area contributed by atoms with Crippen molar-refractivity contribution >= 4 is 27.5 Å². The molecule has 1 aliphatic rings. The van der Waals surface area contributed by atoms with Crippen LogP contribution >= 0.6 is 11.6 Å². The maximum absolute atomic E-state index is 13.2. The highest BCUT2D eigenvalue weighted by Gasteiger charge is 2.35. The van der Waals surface area contributed by atoms with Gasteiger partial charge in [0.15, 0.2) is 5.76 Å². The van der Waals surface area contributed by atoms with E-state index in [2.05, 4.69) is 0 Å². The lowest BCUT2D eigenvalue weighted by Gasteiger charge is -2.12. The third-order valence-electron chi connectivity index (χ3n) is 3.35. The van der Waals surface area contributed by atoms with E-state index in [1.165, 1.54) is 12.1 Å². The number of furan rings is 1. The fourth-order valence-electron chi connectivity index (χ4n) is 2.27. The van der Waals surface area contributed by atoms with Gasteiger partial charge < -0.3 is 14.6 Å². The zero-order valence-electron chi connectivity index (χ0n) is 11.1. The Balaban J connectivity index is 2.12. The molecule has 0 radical (unpaired) electrons. The largest absolute Gasteiger partial charge is 0.502 e. The Kier molecular flexibility index (Phi) is 3.45. The van der Waals surface area contributed by atoms with Crippen LogP contribution in [0, 0.1) is 5.82 Å². The summed E-state index contributed by atoms with van der Waals surface area (Å²) in [7, 11) is -3.58. The molecule has 118 valence electrons. The van der Waals surface area contributed by atoms with E-state index in [1.807, 2.05) is 0 Å². The highest BCUT2D eigenvalue weighted by atomic mass is 35.5. The van der Waals surface area contributed by atoms with E-state index in [0.717, 1.165) is 10.4 Å². The lowest BCUT2D eigenvalue weighted by molar-refractivity contribution is 0.409. The predicted molar refractivity (Wildman–Crippen MR) is 78.2 cm³/mol. The van der Waals surface area contributed by atoms with Crippen molar-refractivity contribution in [1.29, 1.82) is 0 Å². The van der Waals surface area contributed by atoms with E-state index < -0.39 is 27.3 Å². The minimum atomic E-state index is -3.58. The van der Waals surface area contributed by atoms with Crippen LogP contribution in [0.1, 0.15) is 6.42 Å². The quantitative estimate of drug-likeness (QED) is 0.871. The van der Waals surface area contributed by atoms with E-state index in [4.69, 9.17) is 16.0 Å². The standard InChI is InChI=1S/C13H11ClFNO5S/c14-8-6-7(2-3-9(8)15)12-10(17)11(18)13(21-12)16-4-1-5-22(16,19)20/h2-3,6,17-18H,1,4-5H2. The van der Waals surface area contributed by atoms with Gasteiger partial charge in [-0.1, -0.05) is 11.6 Å². The van der Waals surface area contributed by atoms with Crippen LogP contribution in [0.5, 0.6) is 11.5 Å². The highest BCUT2D eigenvalue weighted by Crippen LogP contribution is 2.48. The van der Waals surface area contributed by atoms with Crippen LogP contribution in [0.25, 0.3) is 11.3 Å². The number of anilines is 1. The molecule has 1 saturated heterocycles. The highest BCUT2D eigenvalue weighted by molar-refractivity contribution is 7.93. The maximum atomic E-state index is 13.2. The molecule has 0 atom stereocenters. The van der Waals surface area contributed by atoms with Gasteiger partial charge in [-0.2, -0.15) is 0 Å². The Morgan fingerprint density at radius 1 is 1.27 bits per heavy atom. The molecule has 3 rings (SSSR count). The zero-order chi connectivity index (χ0) is 16.1. The molecule has 1 fully saturated rings. The Morgan fingerprint density at radius 2 is 2.00 bits per heavy atom. The second kappa shape index (κ2) is 5.06. The molecule has 9 heteroatoms. The van der Waals surface area contributed by atoms with Crippen LogP contribution in [0.15, 0.2) is 22.6 Å². The van der Waals surface area contributed by atoms with Crippen LogP contribution in [0.4, 0.5) is 10.3 Å². The summed E-state index contributed by atoms with van der Waals surface area (Å²) in [4.78, 5) is 0. The maximum Gasteiger partial charge on any atom is 0.256 e. The van der Waals surface area contributed by atoms with Crippen LogP contribution in [0.2, 0.25) is 5.02 Å². The van der Waals surface area contributed by atoms with Crippen molar-refractivity contribution in [2.75, 3.05) is 16.6 Å². The topological polar surface area (TPSA) is 91.0 Å². The number of benzene rings is 1. The summed E-state index contributed by atoms with van der Waals surface area (Å²) in [5, 5.41) is 19.7. The van der Waals surface area contributed by atoms with Gasteiger partial charge in [0.25, 0.3) is 5.88 Å². The van der Waals surface area contributed by atoms with E-state index in [-0.39, 0.29) is 34.5 Å². The lowest BCUT2D eigenvalue weighted by Crippen LogP contribution is -2.24. The minimum absolute atomic E-state index is 0.0639. The monoisotopic (exact) mass is 347 g/mol. The van der Waals surface area contributed by atoms with Crippen molar-refractivity contribution in [2.45, 2.75) is 6.42 Å². The summed E-state index contributed by atoms with van der Waals surface area (Å²) in [6.45, 7) is 0.145. The van der Waals surface area contributed by atoms with Gasteiger partial charge in [0.2, 0.25) is 21.5 Å². The van der Waals surface area contributed by atoms with Crippen molar-refractivity contribution < 1.29 is 27.4 Å². The Labute approximate surface area is 130 Å². The molecule has 1 aliphatic heterocycles. The number of hydrogen-bond acceptors (Lipinski definition) is 5. The molecule has 0 bridgehead atoms. The molecule has 1 aromatic carbocycles. The van der Waals surface area contributed by atoms with E-state index >= 15 is 0 Å². The Bertz CT molecular complexity index is 848. The first kappa shape index (κ1) is 15.0. The first-order valence-electron chi connectivity index (χ1n) is 6.32. The first-order chi connectivity index (χ1) is 10.3. The van der Waals surface area contributed by atoms with Gasteiger partial charge in [0, 0.05) is 12.1 Å². The summed E-state index contributed by atoms with van der Waals surface area (Å²) in [5.41, 5.74) is 0.210. The summed E-state index contributed by atoms with van der Waals surface area (Å²) in [6.07, 6.45) is 0.390. The smallest absolute Gasteiger partial charge is 0.256 e. The molecule has 0 aliphatic carbocycles. The first-order valence-corrected chi connectivity index (χ1v) is 8.30. The molecular weight excluding hydrogens is 337 g/mol. The summed E-state index contributed by atoms with van der Waals surface area (Å²) in [5.74, 6) is -2.56. The van der Waals surface area contributed by atoms with Gasteiger partial charge >= 0.3 is 0 Å². The molecule has 22 heavy (non-hydrogen) atoms. The number of halogens is 2. The second-order valence-electron chi connectivity index (χ2n) is 4.80. The van der Waals surface area contributed by atoms with Gasteiger partial charge in [-0.05, 0) is 24.6 Å². The van der Waals surface area contributed by atoms with Crippen LogP contribution in [0.3, 0.4) is 0 Å². The SMILES string of the molecule is O=S1(=O)CCCN1c1oc(-c2ccc(F)c(Cl)c2)c(O)c1O. The molecular formula is C13H11ClFNO5S. The molecule has 2 aromatic rings. The van der Waals surface area contributed by atoms with Crippen LogP contribution in [-0.2, 0) is 10.0 Å². The molecule has 0 amide bonds. The number of rotatable bonds is 2. The third-order valence-corrected chi connectivity index (χ3v) is 5.46. The number of aromatic hydroxyl groups is 2. The summed E-state index contributed by atoms with van der Waals surface area (Å²) in [6, 6.07) is 3.57. The molecule has 1 aromatic heterocycles. The van der Waals surface area contributed by atoms with Crippen LogP contribution in [-0.4, -0.2) is 30.9 Å². The fraction of sp³-hybridized carbons (Fsp3) is 0.231. The Morgan fingerprint density at radius 3 is 2.59 bits per heavy atom. The average molecular weight is 348 g/mol.